The van der Waals surface area contributed by atoms with Gasteiger partial charge < -0.3 is 20.4 Å². The van der Waals surface area contributed by atoms with Crippen LogP contribution in [0.5, 0.6) is 0 Å². The van der Waals surface area contributed by atoms with Gasteiger partial charge in [0.1, 0.15) is 5.69 Å². The van der Waals surface area contributed by atoms with Gasteiger partial charge in [-0.05, 0) is 31.9 Å². The van der Waals surface area contributed by atoms with Crippen LogP contribution in [0.3, 0.4) is 0 Å². The zero-order chi connectivity index (χ0) is 19.2. The number of amides is 2. The molecular weight excluding hydrogens is 346 g/mol. The normalized spacial score (nSPS) is 17.8. The first-order valence-electron chi connectivity index (χ1n) is 9.08. The number of H-pyrrole nitrogens is 1. The predicted molar refractivity (Wildman–Crippen MR) is 101 cm³/mol. The minimum atomic E-state index is -0.474. The maximum absolute atomic E-state index is 12.7. The summed E-state index contributed by atoms with van der Waals surface area (Å²) in [5, 5.41) is 6.62. The maximum Gasteiger partial charge on any atom is 0.330 e. The molecule has 1 aromatic heterocycles. The average Bonchev–Trinajstić information content (AvgIpc) is 3.26. The van der Waals surface area contributed by atoms with E-state index in [1.54, 1.807) is 19.1 Å². The minimum Gasteiger partial charge on any atom is -0.463 e. The third kappa shape index (κ3) is 4.75. The summed E-state index contributed by atoms with van der Waals surface area (Å²) in [4.78, 5) is 39.2. The Labute approximate surface area is 157 Å². The van der Waals surface area contributed by atoms with Crippen molar-refractivity contribution in [3.05, 3.63) is 48.2 Å². The molecule has 0 radical (unpaired) electrons. The molecule has 27 heavy (non-hydrogen) atoms. The van der Waals surface area contributed by atoms with Crippen LogP contribution in [-0.4, -0.2) is 42.0 Å². The SMILES string of the molecule is CCOC(=O)C=C[C@H](C[C@@H]1CCNC1=O)NC(=O)c1cc2ccccc2[nH]1. The Morgan fingerprint density at radius 2 is 2.19 bits per heavy atom. The van der Waals surface area contributed by atoms with Gasteiger partial charge >= 0.3 is 5.97 Å². The highest BCUT2D eigenvalue weighted by Gasteiger charge is 2.27. The molecule has 2 atom stereocenters. The van der Waals surface area contributed by atoms with Crippen molar-refractivity contribution in [3.63, 3.8) is 0 Å². The van der Waals surface area contributed by atoms with Crippen molar-refractivity contribution in [2.75, 3.05) is 13.2 Å². The van der Waals surface area contributed by atoms with Crippen molar-refractivity contribution in [2.24, 2.45) is 5.92 Å². The lowest BCUT2D eigenvalue weighted by Gasteiger charge is -2.17. The number of carbonyl (C=O) groups is 3. The summed E-state index contributed by atoms with van der Waals surface area (Å²) in [5.41, 5.74) is 1.30. The molecule has 0 aliphatic carbocycles. The topological polar surface area (TPSA) is 100 Å². The van der Waals surface area contributed by atoms with Crippen LogP contribution in [-0.2, 0) is 14.3 Å². The Morgan fingerprint density at radius 1 is 1.37 bits per heavy atom. The Kier molecular flexibility index (Phi) is 5.90. The Morgan fingerprint density at radius 3 is 2.89 bits per heavy atom. The minimum absolute atomic E-state index is 0.0237. The van der Waals surface area contributed by atoms with Crippen LogP contribution in [0.15, 0.2) is 42.5 Å². The van der Waals surface area contributed by atoms with E-state index in [1.807, 2.05) is 24.3 Å². The number of para-hydroxylation sites is 1. The molecule has 3 N–H and O–H groups in total. The first-order chi connectivity index (χ1) is 13.1. The molecule has 2 heterocycles. The van der Waals surface area contributed by atoms with Crippen LogP contribution < -0.4 is 10.6 Å². The second kappa shape index (κ2) is 8.53. The molecule has 1 aromatic carbocycles. The molecule has 0 spiro atoms. The second-order valence-corrected chi connectivity index (χ2v) is 6.47. The van der Waals surface area contributed by atoms with Gasteiger partial charge in [-0.1, -0.05) is 24.3 Å². The van der Waals surface area contributed by atoms with E-state index in [1.165, 1.54) is 6.08 Å². The molecule has 0 bridgehead atoms. The van der Waals surface area contributed by atoms with Gasteiger partial charge in [0.15, 0.2) is 0 Å². The van der Waals surface area contributed by atoms with E-state index in [0.717, 1.165) is 10.9 Å². The fourth-order valence-electron chi connectivity index (χ4n) is 3.19. The van der Waals surface area contributed by atoms with E-state index in [0.29, 0.717) is 25.1 Å². The summed E-state index contributed by atoms with van der Waals surface area (Å²) < 4.78 is 4.89. The van der Waals surface area contributed by atoms with Crippen molar-refractivity contribution in [1.29, 1.82) is 0 Å². The monoisotopic (exact) mass is 369 g/mol. The van der Waals surface area contributed by atoms with Gasteiger partial charge in [-0.2, -0.15) is 0 Å². The van der Waals surface area contributed by atoms with Crippen LogP contribution >= 0.6 is 0 Å². The molecule has 1 aliphatic rings. The van der Waals surface area contributed by atoms with Crippen LogP contribution in [0.25, 0.3) is 10.9 Å². The lowest BCUT2D eigenvalue weighted by Crippen LogP contribution is -2.36. The lowest BCUT2D eigenvalue weighted by molar-refractivity contribution is -0.137. The molecule has 1 saturated heterocycles. The molecule has 1 aliphatic heterocycles. The van der Waals surface area contributed by atoms with Gasteiger partial charge in [-0.25, -0.2) is 4.79 Å². The molecule has 3 rings (SSSR count). The first-order valence-corrected chi connectivity index (χ1v) is 9.08. The predicted octanol–water partition coefficient (Wildman–Crippen LogP) is 1.91. The van der Waals surface area contributed by atoms with Gasteiger partial charge in [-0.3, -0.25) is 9.59 Å². The third-order valence-corrected chi connectivity index (χ3v) is 4.54. The summed E-state index contributed by atoms with van der Waals surface area (Å²) in [5.74, 6) is -0.976. The molecular formula is C20H23N3O4. The average molecular weight is 369 g/mol. The van der Waals surface area contributed by atoms with E-state index in [9.17, 15) is 14.4 Å². The fraction of sp³-hybridized carbons (Fsp3) is 0.350. The van der Waals surface area contributed by atoms with Crippen LogP contribution in [0.2, 0.25) is 0 Å². The second-order valence-electron chi connectivity index (χ2n) is 6.47. The molecule has 0 unspecified atom stereocenters. The van der Waals surface area contributed by atoms with Gasteiger partial charge in [0.2, 0.25) is 5.91 Å². The molecule has 2 aromatic rings. The van der Waals surface area contributed by atoms with Gasteiger partial charge in [0, 0.05) is 35.5 Å². The van der Waals surface area contributed by atoms with Gasteiger partial charge in [-0.15, -0.1) is 0 Å². The van der Waals surface area contributed by atoms with Crippen molar-refractivity contribution in [3.8, 4) is 0 Å². The molecule has 142 valence electrons. The summed E-state index contributed by atoms with van der Waals surface area (Å²) in [6.45, 7) is 2.64. The summed E-state index contributed by atoms with van der Waals surface area (Å²) >= 11 is 0. The number of fused-ring (bicyclic) bond motifs is 1. The van der Waals surface area contributed by atoms with Crippen molar-refractivity contribution in [1.82, 2.24) is 15.6 Å². The first kappa shape index (κ1) is 18.7. The summed E-state index contributed by atoms with van der Waals surface area (Å²) in [6, 6.07) is 8.93. The van der Waals surface area contributed by atoms with Crippen LogP contribution in [0.1, 0.15) is 30.3 Å². The highest BCUT2D eigenvalue weighted by Crippen LogP contribution is 2.18. The number of ether oxygens (including phenoxy) is 1. The number of hydrogen-bond acceptors (Lipinski definition) is 4. The van der Waals surface area contributed by atoms with E-state index in [4.69, 9.17) is 4.74 Å². The van der Waals surface area contributed by atoms with E-state index < -0.39 is 12.0 Å². The van der Waals surface area contributed by atoms with Gasteiger partial charge in [0.05, 0.1) is 6.61 Å². The molecule has 2 amide bonds. The highest BCUT2D eigenvalue weighted by atomic mass is 16.5. The number of hydrogen-bond donors (Lipinski definition) is 3. The fourth-order valence-corrected chi connectivity index (χ4v) is 3.19. The molecule has 7 heteroatoms. The highest BCUT2D eigenvalue weighted by molar-refractivity contribution is 5.98. The van der Waals surface area contributed by atoms with E-state index in [-0.39, 0.29) is 24.3 Å². The Balaban J connectivity index is 1.73. The number of rotatable bonds is 7. The smallest absolute Gasteiger partial charge is 0.330 e. The van der Waals surface area contributed by atoms with Gasteiger partial charge in [0.25, 0.3) is 5.91 Å². The van der Waals surface area contributed by atoms with Crippen molar-refractivity contribution in [2.45, 2.75) is 25.8 Å². The third-order valence-electron chi connectivity index (χ3n) is 4.54. The van der Waals surface area contributed by atoms with Crippen LogP contribution in [0.4, 0.5) is 0 Å². The summed E-state index contributed by atoms with van der Waals surface area (Å²) in [7, 11) is 0. The molecule has 0 saturated carbocycles. The quantitative estimate of drug-likeness (QED) is 0.513. The number of aromatic amines is 1. The van der Waals surface area contributed by atoms with E-state index in [2.05, 4.69) is 15.6 Å². The number of aromatic nitrogens is 1. The zero-order valence-corrected chi connectivity index (χ0v) is 15.2. The molecule has 1 fully saturated rings. The lowest BCUT2D eigenvalue weighted by atomic mass is 9.98. The zero-order valence-electron chi connectivity index (χ0n) is 15.2. The number of carbonyl (C=O) groups excluding carboxylic acids is 3. The Hall–Kier alpha value is -3.09. The van der Waals surface area contributed by atoms with Crippen LogP contribution in [0, 0.1) is 5.92 Å². The molecule has 7 nitrogen and oxygen atoms in total. The maximum atomic E-state index is 12.7. The van der Waals surface area contributed by atoms with Crippen molar-refractivity contribution >= 4 is 28.7 Å². The summed E-state index contributed by atoms with van der Waals surface area (Å²) in [6.07, 6.45) is 4.02. The standard InChI is InChI=1S/C20H23N3O4/c1-2-27-18(24)8-7-15(11-14-9-10-21-19(14)25)22-20(26)17-12-13-5-3-4-6-16(13)23-17/h3-8,12,14-15,23H,2,9-11H2,1H3,(H,21,25)(H,22,26)/t14-,15+/m0/s1. The number of benzene rings is 1. The largest absolute Gasteiger partial charge is 0.463 e. The van der Waals surface area contributed by atoms with E-state index >= 15 is 0 Å². The number of nitrogens with one attached hydrogen (secondary N) is 3. The Bertz CT molecular complexity index is 838. The van der Waals surface area contributed by atoms with Crippen molar-refractivity contribution < 1.29 is 19.1 Å². The number of esters is 1.